The maximum Gasteiger partial charge on any atom is 0.222 e. The average molecular weight is 1560 g/mol. The highest BCUT2D eigenvalue weighted by atomic mass is 16.2. The van der Waals surface area contributed by atoms with Crippen molar-refractivity contribution in [2.45, 2.75) is 262 Å². The number of rotatable bonds is 5. The third kappa shape index (κ3) is 13.8. The highest BCUT2D eigenvalue weighted by Crippen LogP contribution is 2.72. The standard InChI is InChI=1S/2C26H36N2O.C25H35N3O.C25H34N2O/c1-17-13-18(15-27-14-17)21-7-8-22-20-6-5-19-16-28(4)24(29)10-12-25(19,2)23(20)9-11-26(21,22)3;1-17-13-18(16-27-15-17)21-7-8-22-20-6-5-19-14-24(29)28(4)12-11-25(19,2)23(20)9-10-26(21,22)3;1-4-17-14-26-15-22(28-17)21-8-7-19-18-6-5-16-13-23(29)27-12-11-24(16,2)20(18)9-10-25(19,21)3;1-24-12-14-27(3)23(28)15-18(24)6-7-19-21-9-8-20(17-5-4-13-26-16-17)25(21,2)11-10-22(19)24/h7,13-15,19-20,22-23H,5-6,8-12,16H2,1-4H3;7,13,15-16,19-20,22-23H,5-6,8-12,14H2,1-4H3;8,14-16,18-20H,4-7,9-13H2,1-3H3,(H,27,29);4-5,8,13,16,18-19,21-22H,6-7,9-12,14-15H2,1-3H3/t2*19-,20-,22-,23-,25-,26+;16-,18-,19-,20-,24-,25-;18-,19-,21-,22-,24-,25+/m0000/s1. The number of carbonyl (C=O) groups excluding carboxylic acids is 4. The number of hydrogen-bond donors (Lipinski definition) is 1. The number of nitrogens with one attached hydrogen (secondary N) is 1. The molecular weight excluding hydrogens is 1420 g/mol. The van der Waals surface area contributed by atoms with E-state index in [4.69, 9.17) is 4.98 Å². The Hall–Kier alpha value is -6.63. The van der Waals surface area contributed by atoms with Gasteiger partial charge in [0, 0.05) is 116 Å². The van der Waals surface area contributed by atoms with Crippen LogP contribution < -0.4 is 5.32 Å². The van der Waals surface area contributed by atoms with E-state index in [1.807, 2.05) is 66.8 Å². The molecule has 0 spiro atoms. The molecule has 4 amide bonds. The molecule has 4 saturated heterocycles. The van der Waals surface area contributed by atoms with E-state index in [9.17, 15) is 19.2 Å². The summed E-state index contributed by atoms with van der Waals surface area (Å²) in [4.78, 5) is 78.5. The zero-order valence-corrected chi connectivity index (χ0v) is 73.0. The Balaban J connectivity index is 0.000000111. The van der Waals surface area contributed by atoms with Gasteiger partial charge in [0.05, 0.1) is 17.6 Å². The lowest BCUT2D eigenvalue weighted by Crippen LogP contribution is -2.52. The molecule has 618 valence electrons. The van der Waals surface area contributed by atoms with Crippen LogP contribution in [0.25, 0.3) is 22.3 Å². The van der Waals surface area contributed by atoms with Crippen molar-refractivity contribution in [3.05, 3.63) is 137 Å². The van der Waals surface area contributed by atoms with E-state index in [0.29, 0.717) is 74.4 Å². The molecule has 8 heterocycles. The lowest BCUT2D eigenvalue weighted by Gasteiger charge is -2.58. The topological polar surface area (TPSA) is 154 Å². The largest absolute Gasteiger partial charge is 0.356 e. The fourth-order valence-corrected chi connectivity index (χ4v) is 31.2. The first-order valence-electron chi connectivity index (χ1n) is 46.4. The van der Waals surface area contributed by atoms with Crippen LogP contribution in [0.15, 0.2) is 98.1 Å². The highest BCUT2D eigenvalue weighted by molar-refractivity contribution is 5.79. The van der Waals surface area contributed by atoms with Gasteiger partial charge in [0.25, 0.3) is 0 Å². The third-order valence-electron chi connectivity index (χ3n) is 38.1. The number of amides is 4. The molecule has 1 N–H and O–H groups in total. The number of aromatic nitrogens is 5. The molecule has 4 aromatic heterocycles. The van der Waals surface area contributed by atoms with Gasteiger partial charge in [-0.1, -0.05) is 92.7 Å². The highest BCUT2D eigenvalue weighted by Gasteiger charge is 2.64. The molecule has 4 aromatic rings. The molecule has 0 radical (unpaired) electrons. The van der Waals surface area contributed by atoms with Gasteiger partial charge in [0.2, 0.25) is 23.6 Å². The monoisotopic (exact) mass is 1560 g/mol. The number of nitrogens with zero attached hydrogens (tertiary/aromatic N) is 8. The second-order valence-corrected chi connectivity index (χ2v) is 43.0. The van der Waals surface area contributed by atoms with Crippen molar-refractivity contribution < 1.29 is 19.2 Å². The van der Waals surface area contributed by atoms with E-state index in [0.717, 1.165) is 148 Å². The Kier molecular flexibility index (Phi) is 21.7. The van der Waals surface area contributed by atoms with E-state index in [1.54, 1.807) is 16.7 Å². The molecule has 0 bridgehead atoms. The van der Waals surface area contributed by atoms with Crippen molar-refractivity contribution in [3.8, 4) is 0 Å². The number of likely N-dealkylation sites (tertiary alicyclic amines) is 3. The summed E-state index contributed by atoms with van der Waals surface area (Å²) in [6.07, 6.45) is 60.0. The lowest BCUT2D eigenvalue weighted by molar-refractivity contribution is -0.132. The third-order valence-corrected chi connectivity index (χ3v) is 38.1. The van der Waals surface area contributed by atoms with E-state index < -0.39 is 0 Å². The molecule has 16 aliphatic rings. The molecule has 13 nitrogen and oxygen atoms in total. The van der Waals surface area contributed by atoms with Gasteiger partial charge >= 0.3 is 0 Å². The Bertz CT molecular complexity index is 4390. The van der Waals surface area contributed by atoms with Crippen molar-refractivity contribution in [3.63, 3.8) is 0 Å². The molecule has 12 aliphatic carbocycles. The number of carbonyl (C=O) groups is 4. The molecule has 8 saturated carbocycles. The van der Waals surface area contributed by atoms with Crippen molar-refractivity contribution in [2.24, 2.45) is 138 Å². The van der Waals surface area contributed by atoms with E-state index >= 15 is 0 Å². The van der Waals surface area contributed by atoms with Crippen LogP contribution in [0.3, 0.4) is 0 Å². The predicted molar refractivity (Wildman–Crippen MR) is 461 cm³/mol. The van der Waals surface area contributed by atoms with Crippen LogP contribution in [0.1, 0.15) is 281 Å². The van der Waals surface area contributed by atoms with E-state index in [1.165, 1.54) is 175 Å². The van der Waals surface area contributed by atoms with Crippen LogP contribution in [-0.4, -0.2) is 111 Å². The van der Waals surface area contributed by atoms with Crippen LogP contribution in [0.4, 0.5) is 0 Å². The van der Waals surface area contributed by atoms with E-state index in [-0.39, 0.29) is 22.2 Å². The summed E-state index contributed by atoms with van der Waals surface area (Å²) in [5.74, 6) is 13.1. The SMILES string of the molecule is CCc1cncc(C2=CC[C@H]3[C@@H]4CC[C@H]5CC(=O)NCC[C@]5(C)[C@H]4CC[C@]23C)n1.CN1CC[C@@]2(C)[C@@H](CC[C@@H]3[C@@H]2CC[C@]2(C)C(c4cccnc4)=CC[C@@H]32)CC1=O.Cc1cncc(C2=CC[C@H]3[C@@H]4CC[C@H]5CC(=O)N(C)CC[C@]5(C)[C@H]4CC[C@]23C)c1.Cc1cncc(C2=CC[C@H]3[C@@H]4CC[C@H]5CN(C)C(=O)CC[C@]5(C)[C@H]4CC[C@]23C)c1. The van der Waals surface area contributed by atoms with Crippen molar-refractivity contribution in [1.29, 1.82) is 0 Å². The molecule has 20 rings (SSSR count). The van der Waals surface area contributed by atoms with Gasteiger partial charge in [-0.3, -0.25) is 39.1 Å². The summed E-state index contributed by atoms with van der Waals surface area (Å²) in [6.45, 7) is 30.4. The Morgan fingerprint density at radius 1 is 0.409 bits per heavy atom. The van der Waals surface area contributed by atoms with Gasteiger partial charge in [0.1, 0.15) is 0 Å². The van der Waals surface area contributed by atoms with Crippen molar-refractivity contribution in [1.82, 2.24) is 44.9 Å². The first kappa shape index (κ1) is 80.8. The summed E-state index contributed by atoms with van der Waals surface area (Å²) < 4.78 is 0. The average Bonchev–Trinajstić information content (AvgIpc) is 1.63. The van der Waals surface area contributed by atoms with Crippen LogP contribution in [0.2, 0.25) is 0 Å². The lowest BCUT2D eigenvalue weighted by atomic mass is 9.46. The Morgan fingerprint density at radius 3 is 1.27 bits per heavy atom. The second kappa shape index (κ2) is 30.9. The van der Waals surface area contributed by atoms with Gasteiger partial charge < -0.3 is 20.0 Å². The number of pyridine rings is 3. The minimum atomic E-state index is 0.226. The minimum absolute atomic E-state index is 0.226. The van der Waals surface area contributed by atoms with Gasteiger partial charge in [-0.15, -0.1) is 0 Å². The quantitative estimate of drug-likeness (QED) is 0.206. The van der Waals surface area contributed by atoms with Crippen LogP contribution in [0.5, 0.6) is 0 Å². The summed E-state index contributed by atoms with van der Waals surface area (Å²) in [7, 11) is 6.02. The smallest absolute Gasteiger partial charge is 0.222 e. The molecule has 0 unspecified atom stereocenters. The Labute approximate surface area is 691 Å². The normalized spacial score (nSPS) is 42.0. The molecule has 24 atom stereocenters. The minimum Gasteiger partial charge on any atom is -0.356 e. The van der Waals surface area contributed by atoms with E-state index in [2.05, 4.69) is 169 Å². The first-order chi connectivity index (χ1) is 55.0. The molecular formula is C102H141N9O4. The van der Waals surface area contributed by atoms with Crippen molar-refractivity contribution in [2.75, 3.05) is 47.3 Å². The van der Waals surface area contributed by atoms with Gasteiger partial charge in [-0.2, -0.15) is 0 Å². The number of aryl methyl sites for hydroxylation is 3. The molecule has 4 aliphatic heterocycles. The first-order valence-corrected chi connectivity index (χ1v) is 46.4. The van der Waals surface area contributed by atoms with Crippen LogP contribution in [-0.2, 0) is 25.6 Å². The van der Waals surface area contributed by atoms with Gasteiger partial charge in [-0.05, 0) is 381 Å². The molecule has 0 aromatic carbocycles. The van der Waals surface area contributed by atoms with Gasteiger partial charge in [0.15, 0.2) is 0 Å². The summed E-state index contributed by atoms with van der Waals surface area (Å²) in [5, 5.41) is 3.15. The number of hydrogen-bond acceptors (Lipinski definition) is 9. The maximum absolute atomic E-state index is 12.5. The maximum atomic E-state index is 12.5. The zero-order valence-electron chi connectivity index (χ0n) is 73.0. The van der Waals surface area contributed by atoms with Crippen LogP contribution >= 0.6 is 0 Å². The molecule has 115 heavy (non-hydrogen) atoms. The fourth-order valence-electron chi connectivity index (χ4n) is 31.2. The number of fused-ring (bicyclic) bond motifs is 20. The number of allylic oxidation sites excluding steroid dienone is 8. The van der Waals surface area contributed by atoms with Crippen molar-refractivity contribution >= 4 is 45.9 Å². The summed E-state index contributed by atoms with van der Waals surface area (Å²) in [6, 6.07) is 8.96. The summed E-state index contributed by atoms with van der Waals surface area (Å²) in [5.41, 5.74) is 17.2. The molecule has 12 fully saturated rings. The fraction of sp³-hybridized carbons (Fsp3) is 0.696. The van der Waals surface area contributed by atoms with Gasteiger partial charge in [-0.25, -0.2) is 4.98 Å². The second-order valence-electron chi connectivity index (χ2n) is 43.0. The predicted octanol–water partition coefficient (Wildman–Crippen LogP) is 21.0. The zero-order chi connectivity index (χ0) is 80.5. The van der Waals surface area contributed by atoms with Crippen LogP contribution in [0, 0.1) is 152 Å². The molecule has 13 heteroatoms. The summed E-state index contributed by atoms with van der Waals surface area (Å²) >= 11 is 0. The Morgan fingerprint density at radius 2 is 0.817 bits per heavy atom.